The van der Waals surface area contributed by atoms with E-state index in [9.17, 15) is 0 Å². The molecular weight excluding hydrogens is 308 g/mol. The van der Waals surface area contributed by atoms with E-state index in [1.54, 1.807) is 0 Å². The molecule has 0 spiro atoms. The smallest absolute Gasteiger partial charge is 0.000663 e. The first-order valence-electron chi connectivity index (χ1n) is 11.2. The molecule has 0 saturated carbocycles. The van der Waals surface area contributed by atoms with Crippen LogP contribution < -0.4 is 16.8 Å². The van der Waals surface area contributed by atoms with Crippen molar-refractivity contribution in [3.8, 4) is 0 Å². The number of nitrogens with zero attached hydrogens (tertiary/aromatic N) is 1. The average Bonchev–Trinajstić information content (AvgIpc) is 2.63. The number of nitrogens with two attached hydrogens (primary N) is 2. The number of unbranched alkanes of at least 4 members (excludes halogenated alkanes) is 9. The molecule has 0 atom stereocenters. The molecule has 0 aliphatic heterocycles. The lowest BCUT2D eigenvalue weighted by Gasteiger charge is -2.22. The Hall–Kier alpha value is -0.160. The van der Waals surface area contributed by atoms with Gasteiger partial charge < -0.3 is 21.7 Å². The lowest BCUT2D eigenvalue weighted by Crippen LogP contribution is -2.31. The van der Waals surface area contributed by atoms with Gasteiger partial charge in [-0.25, -0.2) is 0 Å². The molecule has 0 bridgehead atoms. The zero-order chi connectivity index (χ0) is 18.4. The van der Waals surface area contributed by atoms with Crippen LogP contribution >= 0.6 is 0 Å². The molecule has 25 heavy (non-hydrogen) atoms. The van der Waals surface area contributed by atoms with E-state index >= 15 is 0 Å². The molecule has 0 amide bonds. The van der Waals surface area contributed by atoms with E-state index in [4.69, 9.17) is 11.5 Å². The minimum absolute atomic E-state index is 0.786. The molecule has 0 aliphatic carbocycles. The second kappa shape index (κ2) is 21.9. The van der Waals surface area contributed by atoms with E-state index in [2.05, 4.69) is 17.1 Å². The van der Waals surface area contributed by atoms with Crippen LogP contribution in [0.15, 0.2) is 0 Å². The van der Waals surface area contributed by atoms with Gasteiger partial charge in [0.2, 0.25) is 0 Å². The second-order valence-electron chi connectivity index (χ2n) is 7.41. The van der Waals surface area contributed by atoms with Gasteiger partial charge in [-0.1, -0.05) is 64.7 Å². The Morgan fingerprint density at radius 3 is 1.64 bits per heavy atom. The van der Waals surface area contributed by atoms with Gasteiger partial charge in [0.15, 0.2) is 0 Å². The molecule has 0 unspecified atom stereocenters. The maximum absolute atomic E-state index is 5.69. The van der Waals surface area contributed by atoms with Crippen LogP contribution in [0.3, 0.4) is 0 Å². The van der Waals surface area contributed by atoms with Crippen LogP contribution in [-0.4, -0.2) is 50.7 Å². The Morgan fingerprint density at radius 2 is 1.04 bits per heavy atom. The number of hydrogen-bond donors (Lipinski definition) is 3. The SMILES string of the molecule is CCCCCCCCCCCCN(CCCN)CCCNCCCN. The summed E-state index contributed by atoms with van der Waals surface area (Å²) in [5.74, 6) is 0. The van der Waals surface area contributed by atoms with Gasteiger partial charge in [-0.15, -0.1) is 0 Å². The van der Waals surface area contributed by atoms with Gasteiger partial charge in [-0.3, -0.25) is 0 Å². The van der Waals surface area contributed by atoms with Crippen molar-refractivity contribution in [2.45, 2.75) is 90.4 Å². The van der Waals surface area contributed by atoms with Gasteiger partial charge >= 0.3 is 0 Å². The van der Waals surface area contributed by atoms with Crippen molar-refractivity contribution in [3.63, 3.8) is 0 Å². The van der Waals surface area contributed by atoms with Crippen molar-refractivity contribution in [1.82, 2.24) is 10.2 Å². The molecule has 4 nitrogen and oxygen atoms in total. The van der Waals surface area contributed by atoms with Crippen molar-refractivity contribution in [2.75, 3.05) is 45.8 Å². The van der Waals surface area contributed by atoms with Crippen LogP contribution in [-0.2, 0) is 0 Å². The van der Waals surface area contributed by atoms with Crippen LogP contribution in [0.25, 0.3) is 0 Å². The summed E-state index contributed by atoms with van der Waals surface area (Å²) in [6, 6.07) is 0. The van der Waals surface area contributed by atoms with Gasteiger partial charge in [-0.05, 0) is 71.5 Å². The van der Waals surface area contributed by atoms with Crippen molar-refractivity contribution in [3.05, 3.63) is 0 Å². The summed E-state index contributed by atoms with van der Waals surface area (Å²) in [4.78, 5) is 2.61. The quantitative estimate of drug-likeness (QED) is 0.273. The van der Waals surface area contributed by atoms with E-state index in [-0.39, 0.29) is 0 Å². The summed E-state index contributed by atoms with van der Waals surface area (Å²) in [5.41, 5.74) is 11.2. The van der Waals surface area contributed by atoms with Gasteiger partial charge in [-0.2, -0.15) is 0 Å². The highest BCUT2D eigenvalue weighted by atomic mass is 15.1. The summed E-state index contributed by atoms with van der Waals surface area (Å²) < 4.78 is 0. The van der Waals surface area contributed by atoms with E-state index in [1.165, 1.54) is 83.7 Å². The Balaban J connectivity index is 3.51. The molecular formula is C21H48N4. The van der Waals surface area contributed by atoms with Gasteiger partial charge in [0.05, 0.1) is 0 Å². The normalized spacial score (nSPS) is 11.5. The zero-order valence-electron chi connectivity index (χ0n) is 17.2. The van der Waals surface area contributed by atoms with Gasteiger partial charge in [0, 0.05) is 0 Å². The van der Waals surface area contributed by atoms with E-state index in [1.807, 2.05) is 0 Å². The lowest BCUT2D eigenvalue weighted by molar-refractivity contribution is 0.260. The first-order chi connectivity index (χ1) is 12.3. The lowest BCUT2D eigenvalue weighted by atomic mass is 10.1. The van der Waals surface area contributed by atoms with E-state index in [0.29, 0.717) is 0 Å². The molecule has 5 N–H and O–H groups in total. The maximum Gasteiger partial charge on any atom is -0.000663 e. The fourth-order valence-electron chi connectivity index (χ4n) is 3.25. The molecule has 0 radical (unpaired) electrons. The van der Waals surface area contributed by atoms with Crippen LogP contribution in [0.5, 0.6) is 0 Å². The predicted octanol–water partition coefficient (Wildman–Crippen LogP) is 3.89. The molecule has 0 aromatic rings. The molecule has 152 valence electrons. The fourth-order valence-corrected chi connectivity index (χ4v) is 3.25. The molecule has 0 heterocycles. The Labute approximate surface area is 158 Å². The third-order valence-electron chi connectivity index (χ3n) is 4.89. The number of rotatable bonds is 21. The molecule has 4 heteroatoms. The van der Waals surface area contributed by atoms with Crippen LogP contribution in [0.1, 0.15) is 90.4 Å². The second-order valence-corrected chi connectivity index (χ2v) is 7.41. The molecule has 0 saturated heterocycles. The highest BCUT2D eigenvalue weighted by molar-refractivity contribution is 4.61. The maximum atomic E-state index is 5.69. The third kappa shape index (κ3) is 20.0. The summed E-state index contributed by atoms with van der Waals surface area (Å²) >= 11 is 0. The summed E-state index contributed by atoms with van der Waals surface area (Å²) in [6.07, 6.45) is 17.6. The van der Waals surface area contributed by atoms with E-state index in [0.717, 1.165) is 45.6 Å². The molecule has 0 aliphatic rings. The first kappa shape index (κ1) is 24.8. The minimum Gasteiger partial charge on any atom is -0.330 e. The third-order valence-corrected chi connectivity index (χ3v) is 4.89. The topological polar surface area (TPSA) is 67.3 Å². The standard InChI is InChI=1S/C21H48N4/c1-2-3-4-5-6-7-8-9-10-11-19-25(20-13-16-23)21-14-18-24-17-12-15-22/h24H,2-23H2,1H3. The number of nitrogens with one attached hydrogen (secondary N) is 1. The van der Waals surface area contributed by atoms with Crippen LogP contribution in [0.2, 0.25) is 0 Å². The predicted molar refractivity (Wildman–Crippen MR) is 113 cm³/mol. The highest BCUT2D eigenvalue weighted by Gasteiger charge is 2.04. The highest BCUT2D eigenvalue weighted by Crippen LogP contribution is 2.11. The molecule has 0 aromatic heterocycles. The van der Waals surface area contributed by atoms with Crippen molar-refractivity contribution >= 4 is 0 Å². The molecule has 0 rings (SSSR count). The van der Waals surface area contributed by atoms with Crippen molar-refractivity contribution in [1.29, 1.82) is 0 Å². The van der Waals surface area contributed by atoms with Gasteiger partial charge in [0.1, 0.15) is 0 Å². The van der Waals surface area contributed by atoms with Crippen LogP contribution in [0, 0.1) is 0 Å². The Bertz CT molecular complexity index is 236. The fraction of sp³-hybridized carbons (Fsp3) is 1.00. The molecule has 0 fully saturated rings. The summed E-state index contributed by atoms with van der Waals surface area (Å²) in [7, 11) is 0. The summed E-state index contributed by atoms with van der Waals surface area (Å²) in [5, 5.41) is 3.47. The van der Waals surface area contributed by atoms with Crippen molar-refractivity contribution in [2.24, 2.45) is 11.5 Å². The van der Waals surface area contributed by atoms with E-state index < -0.39 is 0 Å². The average molecular weight is 357 g/mol. The number of hydrogen-bond acceptors (Lipinski definition) is 4. The Morgan fingerprint density at radius 1 is 0.560 bits per heavy atom. The Kier molecular flexibility index (Phi) is 21.7. The van der Waals surface area contributed by atoms with Crippen molar-refractivity contribution < 1.29 is 0 Å². The first-order valence-corrected chi connectivity index (χ1v) is 11.2. The minimum atomic E-state index is 0.786. The van der Waals surface area contributed by atoms with Gasteiger partial charge in [0.25, 0.3) is 0 Å². The molecule has 0 aromatic carbocycles. The van der Waals surface area contributed by atoms with Crippen LogP contribution in [0.4, 0.5) is 0 Å². The zero-order valence-corrected chi connectivity index (χ0v) is 17.2. The summed E-state index contributed by atoms with van der Waals surface area (Å²) in [6.45, 7) is 9.66. The monoisotopic (exact) mass is 356 g/mol. The largest absolute Gasteiger partial charge is 0.330 e.